The summed E-state index contributed by atoms with van der Waals surface area (Å²) in [5.41, 5.74) is 7.19. The van der Waals surface area contributed by atoms with Crippen molar-refractivity contribution >= 4 is 18.0 Å². The Labute approximate surface area is 177 Å². The van der Waals surface area contributed by atoms with Gasteiger partial charge < -0.3 is 19.7 Å². The van der Waals surface area contributed by atoms with Gasteiger partial charge in [0.15, 0.2) is 0 Å². The quantitative estimate of drug-likeness (QED) is 0.313. The molecule has 10 nitrogen and oxygen atoms in total. The molecule has 2 aliphatic heterocycles. The number of nitrogens with one attached hydrogen (secondary N) is 1. The standard InChI is InChI=1S/C20H33N5O5/c1-19(2,3)29-17(27)15-11-12(9-10-22-24-21)14-8-7-13(16(26)25(14)15)23-18(28)30-20(4,5)6/h12-15H,7-11H2,1-6H3,(H,23,28)/t12-,13-,14+,15-/m0/s1. The largest absolute Gasteiger partial charge is 0.458 e. The summed E-state index contributed by atoms with van der Waals surface area (Å²) < 4.78 is 10.8. The molecule has 2 amide bonds. The van der Waals surface area contributed by atoms with Crippen molar-refractivity contribution in [2.45, 2.75) is 96.6 Å². The molecule has 2 rings (SSSR count). The van der Waals surface area contributed by atoms with Gasteiger partial charge in [0.2, 0.25) is 5.91 Å². The summed E-state index contributed by atoms with van der Waals surface area (Å²) in [5.74, 6) is -0.733. The number of alkyl carbamates (subject to hydrolysis) is 1. The van der Waals surface area contributed by atoms with Crippen LogP contribution >= 0.6 is 0 Å². The smallest absolute Gasteiger partial charge is 0.408 e. The van der Waals surface area contributed by atoms with Crippen molar-refractivity contribution in [2.75, 3.05) is 6.54 Å². The van der Waals surface area contributed by atoms with Crippen LogP contribution in [0.5, 0.6) is 0 Å². The predicted octanol–water partition coefficient (Wildman–Crippen LogP) is 3.30. The van der Waals surface area contributed by atoms with Crippen LogP contribution in [0.3, 0.4) is 0 Å². The number of esters is 1. The maximum atomic E-state index is 13.2. The maximum Gasteiger partial charge on any atom is 0.408 e. The van der Waals surface area contributed by atoms with Crippen LogP contribution in [0.15, 0.2) is 5.11 Å². The zero-order chi connectivity index (χ0) is 22.7. The molecule has 0 aromatic rings. The lowest BCUT2D eigenvalue weighted by Gasteiger charge is -2.39. The number of fused-ring (bicyclic) bond motifs is 1. The molecule has 168 valence electrons. The molecule has 2 saturated heterocycles. The Kier molecular flexibility index (Phi) is 7.23. The molecule has 0 spiro atoms. The van der Waals surface area contributed by atoms with Gasteiger partial charge in [0, 0.05) is 17.5 Å². The van der Waals surface area contributed by atoms with E-state index in [4.69, 9.17) is 15.0 Å². The Hall–Kier alpha value is -2.48. The molecular weight excluding hydrogens is 390 g/mol. The summed E-state index contributed by atoms with van der Waals surface area (Å²) in [4.78, 5) is 42.6. The summed E-state index contributed by atoms with van der Waals surface area (Å²) in [6, 6.07) is -1.63. The first-order valence-corrected chi connectivity index (χ1v) is 10.4. The highest BCUT2D eigenvalue weighted by Gasteiger charge is 2.51. The van der Waals surface area contributed by atoms with E-state index in [-0.39, 0.29) is 17.9 Å². The van der Waals surface area contributed by atoms with Crippen molar-refractivity contribution in [3.63, 3.8) is 0 Å². The molecule has 2 heterocycles. The molecule has 0 aromatic carbocycles. The van der Waals surface area contributed by atoms with Gasteiger partial charge in [-0.3, -0.25) is 4.79 Å². The summed E-state index contributed by atoms with van der Waals surface area (Å²) in [6.45, 7) is 10.9. The first-order valence-electron chi connectivity index (χ1n) is 10.4. The third-order valence-electron chi connectivity index (χ3n) is 5.10. The molecule has 0 aliphatic carbocycles. The summed E-state index contributed by atoms with van der Waals surface area (Å²) in [7, 11) is 0. The molecule has 0 aromatic heterocycles. The van der Waals surface area contributed by atoms with Crippen LogP contribution in [0.2, 0.25) is 0 Å². The van der Waals surface area contributed by atoms with Gasteiger partial charge in [-0.2, -0.15) is 0 Å². The molecule has 30 heavy (non-hydrogen) atoms. The van der Waals surface area contributed by atoms with Crippen LogP contribution in [0.4, 0.5) is 4.79 Å². The van der Waals surface area contributed by atoms with Crippen LogP contribution in [0, 0.1) is 5.92 Å². The van der Waals surface area contributed by atoms with E-state index >= 15 is 0 Å². The van der Waals surface area contributed by atoms with Crippen LogP contribution in [-0.4, -0.2) is 58.7 Å². The van der Waals surface area contributed by atoms with Gasteiger partial charge in [-0.25, -0.2) is 9.59 Å². The number of carbonyl (C=O) groups excluding carboxylic acids is 3. The second kappa shape index (κ2) is 9.12. The predicted molar refractivity (Wildman–Crippen MR) is 109 cm³/mol. The van der Waals surface area contributed by atoms with E-state index in [0.717, 1.165) is 0 Å². The second-order valence-electron chi connectivity index (χ2n) is 9.88. The van der Waals surface area contributed by atoms with E-state index in [0.29, 0.717) is 32.2 Å². The molecule has 0 radical (unpaired) electrons. The normalized spacial score (nSPS) is 26.5. The Bertz CT molecular complexity index is 720. The molecule has 10 heteroatoms. The van der Waals surface area contributed by atoms with Gasteiger partial charge in [-0.05, 0) is 78.7 Å². The molecule has 0 saturated carbocycles. The lowest BCUT2D eigenvalue weighted by molar-refractivity contribution is -0.165. The van der Waals surface area contributed by atoms with Crippen molar-refractivity contribution in [3.05, 3.63) is 10.4 Å². The Morgan fingerprint density at radius 3 is 2.37 bits per heavy atom. The summed E-state index contributed by atoms with van der Waals surface area (Å²) in [5, 5.41) is 6.24. The number of piperidine rings is 1. The number of rotatable bonds is 5. The Morgan fingerprint density at radius 2 is 1.80 bits per heavy atom. The van der Waals surface area contributed by atoms with Crippen LogP contribution in [-0.2, 0) is 19.1 Å². The van der Waals surface area contributed by atoms with Crippen molar-refractivity contribution in [3.8, 4) is 0 Å². The molecule has 4 atom stereocenters. The number of hydrogen-bond acceptors (Lipinski definition) is 6. The lowest BCUT2D eigenvalue weighted by atomic mass is 9.89. The van der Waals surface area contributed by atoms with Gasteiger partial charge in [-0.15, -0.1) is 0 Å². The third kappa shape index (κ3) is 6.26. The van der Waals surface area contributed by atoms with Crippen LogP contribution in [0.25, 0.3) is 10.4 Å². The second-order valence-corrected chi connectivity index (χ2v) is 9.88. The van der Waals surface area contributed by atoms with Crippen molar-refractivity contribution in [2.24, 2.45) is 11.0 Å². The molecule has 0 unspecified atom stereocenters. The van der Waals surface area contributed by atoms with Crippen LogP contribution in [0.1, 0.15) is 67.2 Å². The average Bonchev–Trinajstić information content (AvgIpc) is 2.94. The number of nitrogens with zero attached hydrogens (tertiary/aromatic N) is 4. The van der Waals surface area contributed by atoms with E-state index in [1.807, 2.05) is 0 Å². The molecule has 2 fully saturated rings. The van der Waals surface area contributed by atoms with Gasteiger partial charge in [-0.1, -0.05) is 5.11 Å². The monoisotopic (exact) mass is 423 g/mol. The fraction of sp³-hybridized carbons (Fsp3) is 0.850. The fourth-order valence-corrected chi connectivity index (χ4v) is 4.09. The number of amides is 2. The number of hydrogen-bond donors (Lipinski definition) is 1. The van der Waals surface area contributed by atoms with E-state index in [2.05, 4.69) is 15.3 Å². The van der Waals surface area contributed by atoms with Gasteiger partial charge in [0.1, 0.15) is 23.3 Å². The number of carbonyl (C=O) groups is 3. The van der Waals surface area contributed by atoms with E-state index < -0.39 is 35.3 Å². The Balaban J connectivity index is 2.18. The van der Waals surface area contributed by atoms with Gasteiger partial charge in [0.25, 0.3) is 0 Å². The van der Waals surface area contributed by atoms with E-state index in [1.54, 1.807) is 46.4 Å². The number of ether oxygens (including phenoxy) is 2. The Morgan fingerprint density at radius 1 is 1.17 bits per heavy atom. The minimum absolute atomic E-state index is 0.0273. The third-order valence-corrected chi connectivity index (χ3v) is 5.10. The van der Waals surface area contributed by atoms with E-state index in [1.165, 1.54) is 0 Å². The fourth-order valence-electron chi connectivity index (χ4n) is 4.09. The van der Waals surface area contributed by atoms with Crippen molar-refractivity contribution in [1.82, 2.24) is 10.2 Å². The van der Waals surface area contributed by atoms with Gasteiger partial charge >= 0.3 is 12.1 Å². The average molecular weight is 424 g/mol. The van der Waals surface area contributed by atoms with E-state index in [9.17, 15) is 14.4 Å². The minimum atomic E-state index is -0.753. The highest BCUT2D eigenvalue weighted by molar-refractivity contribution is 5.91. The maximum absolute atomic E-state index is 13.2. The highest BCUT2D eigenvalue weighted by Crippen LogP contribution is 2.39. The SMILES string of the molecule is CC(C)(C)OC(=O)N[C@H]1CC[C@@H]2[C@@H](CCN=[N+]=[N-])C[C@@H](C(=O)OC(C)(C)C)N2C1=O. The lowest BCUT2D eigenvalue weighted by Crippen LogP contribution is -2.58. The highest BCUT2D eigenvalue weighted by atomic mass is 16.6. The molecule has 1 N–H and O–H groups in total. The number of azide groups is 1. The first kappa shape index (κ1) is 23.8. The summed E-state index contributed by atoms with van der Waals surface area (Å²) >= 11 is 0. The minimum Gasteiger partial charge on any atom is -0.458 e. The van der Waals surface area contributed by atoms with Crippen molar-refractivity contribution < 1.29 is 23.9 Å². The zero-order valence-electron chi connectivity index (χ0n) is 18.7. The van der Waals surface area contributed by atoms with Crippen molar-refractivity contribution in [1.29, 1.82) is 0 Å². The summed E-state index contributed by atoms with van der Waals surface area (Å²) in [6.07, 6.45) is 1.46. The molecule has 0 bridgehead atoms. The first-order chi connectivity index (χ1) is 13.8. The van der Waals surface area contributed by atoms with Crippen LogP contribution < -0.4 is 5.32 Å². The molecular formula is C20H33N5O5. The molecule has 2 aliphatic rings. The topological polar surface area (TPSA) is 134 Å². The van der Waals surface area contributed by atoms with Gasteiger partial charge in [0.05, 0.1) is 0 Å². The zero-order valence-corrected chi connectivity index (χ0v) is 18.7.